The van der Waals surface area contributed by atoms with Crippen molar-refractivity contribution < 1.29 is 13.5 Å². The minimum atomic E-state index is -3.45. The summed E-state index contributed by atoms with van der Waals surface area (Å²) in [5, 5.41) is 9.53. The lowest BCUT2D eigenvalue weighted by Crippen LogP contribution is -2.52. The zero-order valence-corrected chi connectivity index (χ0v) is 13.5. The highest BCUT2D eigenvalue weighted by Crippen LogP contribution is 2.38. The Hall–Kier alpha value is -0.170. The van der Waals surface area contributed by atoms with E-state index >= 15 is 0 Å². The second kappa shape index (κ2) is 6.30. The first-order valence-corrected chi connectivity index (χ1v) is 9.19. The van der Waals surface area contributed by atoms with Crippen molar-refractivity contribution in [3.05, 3.63) is 0 Å². The second-order valence-electron chi connectivity index (χ2n) is 6.69. The molecule has 0 aliphatic heterocycles. The third kappa shape index (κ3) is 3.35. The van der Waals surface area contributed by atoms with Crippen molar-refractivity contribution in [2.75, 3.05) is 13.7 Å². The lowest BCUT2D eigenvalue weighted by atomic mass is 9.86. The third-order valence-electron chi connectivity index (χ3n) is 5.20. The van der Waals surface area contributed by atoms with Crippen LogP contribution in [0.5, 0.6) is 0 Å². The lowest BCUT2D eigenvalue weighted by molar-refractivity contribution is 0.126. The SMILES string of the molecule is CN(C1CCCCC1)S(=O)(=O)NC1CCCC1(C)CO. The fraction of sp³-hybridized carbons (Fsp3) is 1.00. The van der Waals surface area contributed by atoms with Crippen LogP contribution in [-0.2, 0) is 10.2 Å². The molecule has 2 rings (SSSR count). The molecule has 0 aromatic rings. The Balaban J connectivity index is 2.03. The molecule has 0 bridgehead atoms. The zero-order valence-electron chi connectivity index (χ0n) is 12.6. The average molecular weight is 304 g/mol. The van der Waals surface area contributed by atoms with E-state index in [9.17, 15) is 13.5 Å². The maximum absolute atomic E-state index is 12.5. The van der Waals surface area contributed by atoms with E-state index in [4.69, 9.17) is 0 Å². The van der Waals surface area contributed by atoms with Crippen molar-refractivity contribution in [2.45, 2.75) is 70.4 Å². The van der Waals surface area contributed by atoms with Gasteiger partial charge >= 0.3 is 0 Å². The number of hydrogen-bond acceptors (Lipinski definition) is 3. The molecule has 0 aromatic heterocycles. The monoisotopic (exact) mass is 304 g/mol. The summed E-state index contributed by atoms with van der Waals surface area (Å²) in [6, 6.07) is -0.0217. The molecule has 2 aliphatic carbocycles. The van der Waals surface area contributed by atoms with Gasteiger partial charge in [0.1, 0.15) is 0 Å². The third-order valence-corrected chi connectivity index (χ3v) is 6.84. The van der Waals surface area contributed by atoms with Gasteiger partial charge in [-0.05, 0) is 25.7 Å². The lowest BCUT2D eigenvalue weighted by Gasteiger charge is -2.34. The van der Waals surface area contributed by atoms with Crippen molar-refractivity contribution in [2.24, 2.45) is 5.41 Å². The van der Waals surface area contributed by atoms with Crippen LogP contribution < -0.4 is 4.72 Å². The van der Waals surface area contributed by atoms with E-state index in [1.807, 2.05) is 6.92 Å². The Morgan fingerprint density at radius 2 is 1.85 bits per heavy atom. The van der Waals surface area contributed by atoms with Crippen molar-refractivity contribution in [3.63, 3.8) is 0 Å². The largest absolute Gasteiger partial charge is 0.396 e. The first-order valence-electron chi connectivity index (χ1n) is 7.75. The molecule has 0 spiro atoms. The zero-order chi connectivity index (χ0) is 14.8. The molecular weight excluding hydrogens is 276 g/mol. The van der Waals surface area contributed by atoms with Gasteiger partial charge in [-0.15, -0.1) is 0 Å². The smallest absolute Gasteiger partial charge is 0.279 e. The number of nitrogens with zero attached hydrogens (tertiary/aromatic N) is 1. The topological polar surface area (TPSA) is 69.6 Å². The summed E-state index contributed by atoms with van der Waals surface area (Å²) in [6.07, 6.45) is 8.02. The predicted molar refractivity (Wildman–Crippen MR) is 79.5 cm³/mol. The summed E-state index contributed by atoms with van der Waals surface area (Å²) in [5.41, 5.74) is -0.319. The molecular formula is C14H28N2O3S. The molecule has 2 fully saturated rings. The first kappa shape index (κ1) is 16.2. The quantitative estimate of drug-likeness (QED) is 0.811. The van der Waals surface area contributed by atoms with Gasteiger partial charge < -0.3 is 5.11 Å². The van der Waals surface area contributed by atoms with Gasteiger partial charge in [-0.25, -0.2) is 0 Å². The molecule has 5 nitrogen and oxygen atoms in total. The highest BCUT2D eigenvalue weighted by molar-refractivity contribution is 7.87. The highest BCUT2D eigenvalue weighted by Gasteiger charge is 2.41. The summed E-state index contributed by atoms with van der Waals surface area (Å²) in [7, 11) is -1.77. The molecule has 2 aliphatic rings. The Kier molecular flexibility index (Phi) is 5.10. The van der Waals surface area contributed by atoms with Crippen LogP contribution in [0.3, 0.4) is 0 Å². The summed E-state index contributed by atoms with van der Waals surface area (Å²) in [4.78, 5) is 0. The maximum Gasteiger partial charge on any atom is 0.279 e. The van der Waals surface area contributed by atoms with Crippen molar-refractivity contribution in [1.29, 1.82) is 0 Å². The van der Waals surface area contributed by atoms with Crippen LogP contribution in [0, 0.1) is 5.41 Å². The Morgan fingerprint density at radius 1 is 1.20 bits per heavy atom. The van der Waals surface area contributed by atoms with Gasteiger partial charge in [0, 0.05) is 31.2 Å². The predicted octanol–water partition coefficient (Wildman–Crippen LogP) is 1.64. The van der Waals surface area contributed by atoms with Gasteiger partial charge in [-0.1, -0.05) is 32.6 Å². The molecule has 0 radical (unpaired) electrons. The van der Waals surface area contributed by atoms with Gasteiger partial charge in [0.05, 0.1) is 0 Å². The second-order valence-corrected chi connectivity index (χ2v) is 8.45. The van der Waals surface area contributed by atoms with Crippen LogP contribution in [0.15, 0.2) is 0 Å². The van der Waals surface area contributed by atoms with Crippen LogP contribution in [0.4, 0.5) is 0 Å². The van der Waals surface area contributed by atoms with E-state index < -0.39 is 10.2 Å². The van der Waals surface area contributed by atoms with E-state index in [0.717, 1.165) is 44.9 Å². The molecule has 2 atom stereocenters. The molecule has 118 valence electrons. The Labute approximate surface area is 122 Å². The van der Waals surface area contributed by atoms with Gasteiger partial charge in [-0.3, -0.25) is 0 Å². The molecule has 0 aromatic carbocycles. The van der Waals surface area contributed by atoms with Crippen molar-refractivity contribution in [3.8, 4) is 0 Å². The maximum atomic E-state index is 12.5. The summed E-state index contributed by atoms with van der Waals surface area (Å²) in [6.45, 7) is 2.00. The van der Waals surface area contributed by atoms with Crippen LogP contribution >= 0.6 is 0 Å². The molecule has 0 amide bonds. The number of rotatable bonds is 5. The minimum Gasteiger partial charge on any atom is -0.396 e. The molecule has 6 heteroatoms. The van der Waals surface area contributed by atoms with E-state index in [1.165, 1.54) is 10.7 Å². The van der Waals surface area contributed by atoms with Crippen LogP contribution in [-0.4, -0.2) is 43.6 Å². The van der Waals surface area contributed by atoms with E-state index in [0.29, 0.717) is 0 Å². The molecule has 2 unspecified atom stereocenters. The van der Waals surface area contributed by atoms with Crippen molar-refractivity contribution in [1.82, 2.24) is 9.03 Å². The molecule has 2 N–H and O–H groups in total. The molecule has 0 heterocycles. The molecule has 0 saturated heterocycles. The van der Waals surface area contributed by atoms with E-state index in [1.54, 1.807) is 7.05 Å². The first-order chi connectivity index (χ1) is 9.39. The number of aliphatic hydroxyl groups is 1. The minimum absolute atomic E-state index is 0.0350. The van der Waals surface area contributed by atoms with Gasteiger partial charge in [0.2, 0.25) is 0 Å². The summed E-state index contributed by atoms with van der Waals surface area (Å²) in [5.74, 6) is 0. The van der Waals surface area contributed by atoms with Gasteiger partial charge in [0.25, 0.3) is 10.2 Å². The van der Waals surface area contributed by atoms with E-state index in [2.05, 4.69) is 4.72 Å². The molecule has 2 saturated carbocycles. The van der Waals surface area contributed by atoms with Crippen LogP contribution in [0.1, 0.15) is 58.3 Å². The van der Waals surface area contributed by atoms with E-state index in [-0.39, 0.29) is 24.1 Å². The average Bonchev–Trinajstić information content (AvgIpc) is 2.80. The number of nitrogens with one attached hydrogen (secondary N) is 1. The Bertz CT molecular complexity index is 420. The normalized spacial score (nSPS) is 32.9. The number of aliphatic hydroxyl groups excluding tert-OH is 1. The summed E-state index contributed by atoms with van der Waals surface area (Å²) < 4.78 is 29.4. The standard InChI is InChI=1S/C14H28N2O3S/c1-14(11-17)10-6-9-13(14)15-20(18,19)16(2)12-7-4-3-5-8-12/h12-13,15,17H,3-11H2,1-2H3. The highest BCUT2D eigenvalue weighted by atomic mass is 32.2. The Morgan fingerprint density at radius 3 is 2.45 bits per heavy atom. The van der Waals surface area contributed by atoms with Gasteiger partial charge in [-0.2, -0.15) is 17.4 Å². The number of hydrogen-bond donors (Lipinski definition) is 2. The van der Waals surface area contributed by atoms with Crippen molar-refractivity contribution >= 4 is 10.2 Å². The molecule has 20 heavy (non-hydrogen) atoms. The van der Waals surface area contributed by atoms with Gasteiger partial charge in [0.15, 0.2) is 0 Å². The fourth-order valence-electron chi connectivity index (χ4n) is 3.53. The van der Waals surface area contributed by atoms with Crippen LogP contribution in [0.25, 0.3) is 0 Å². The fourth-order valence-corrected chi connectivity index (χ4v) is 5.06. The summed E-state index contributed by atoms with van der Waals surface area (Å²) >= 11 is 0. The van der Waals surface area contributed by atoms with Crippen LogP contribution in [0.2, 0.25) is 0 Å².